The molecule has 1 aromatic heterocycles. The fourth-order valence-corrected chi connectivity index (χ4v) is 1.96. The Morgan fingerprint density at radius 1 is 1.55 bits per heavy atom. The number of aromatic hydroxyl groups is 1. The second-order valence-electron chi connectivity index (χ2n) is 2.80. The highest BCUT2D eigenvalue weighted by Gasteiger charge is 2.01. The van der Waals surface area contributed by atoms with E-state index in [1.54, 1.807) is 0 Å². The molecule has 0 saturated heterocycles. The molecule has 1 aromatic rings. The molecule has 1 rings (SSSR count). The van der Waals surface area contributed by atoms with Crippen LogP contribution in [0.2, 0.25) is 0 Å². The minimum atomic E-state index is 0.483. The predicted molar refractivity (Wildman–Crippen MR) is 49.3 cm³/mol. The van der Waals surface area contributed by atoms with Crippen LogP contribution in [0.3, 0.4) is 0 Å². The van der Waals surface area contributed by atoms with Crippen LogP contribution in [0.5, 0.6) is 5.06 Å². The van der Waals surface area contributed by atoms with Gasteiger partial charge < -0.3 is 5.11 Å². The first-order valence-corrected chi connectivity index (χ1v) is 4.84. The van der Waals surface area contributed by atoms with Gasteiger partial charge in [0.25, 0.3) is 0 Å². The molecule has 11 heavy (non-hydrogen) atoms. The lowest BCUT2D eigenvalue weighted by Gasteiger charge is -1.90. The van der Waals surface area contributed by atoms with Gasteiger partial charge in [0.05, 0.1) is 0 Å². The lowest BCUT2D eigenvalue weighted by molar-refractivity contribution is 0.487. The first kappa shape index (κ1) is 8.60. The van der Waals surface area contributed by atoms with Gasteiger partial charge in [-0.05, 0) is 25.8 Å². The molecule has 1 heterocycles. The summed E-state index contributed by atoms with van der Waals surface area (Å²) in [7, 11) is 0. The Hall–Kier alpha value is -0.500. The molecule has 0 bridgehead atoms. The van der Waals surface area contributed by atoms with E-state index in [0.29, 0.717) is 5.06 Å². The highest BCUT2D eigenvalue weighted by molar-refractivity contribution is 7.13. The number of unbranched alkanes of at least 4 members (excludes halogenated alkanes) is 1. The minimum Gasteiger partial charge on any atom is -0.499 e. The topological polar surface area (TPSA) is 20.2 Å². The molecule has 0 aliphatic carbocycles. The molecule has 2 heteroatoms. The number of hydrogen-bond donors (Lipinski definition) is 1. The molecule has 0 radical (unpaired) electrons. The summed E-state index contributed by atoms with van der Waals surface area (Å²) in [6.07, 6.45) is 3.56. The average Bonchev–Trinajstić information content (AvgIpc) is 2.28. The zero-order valence-electron chi connectivity index (χ0n) is 7.05. The van der Waals surface area contributed by atoms with Crippen LogP contribution >= 0.6 is 11.3 Å². The van der Waals surface area contributed by atoms with E-state index in [9.17, 15) is 5.11 Å². The quantitative estimate of drug-likeness (QED) is 0.739. The Balaban J connectivity index is 2.58. The van der Waals surface area contributed by atoms with Crippen LogP contribution in [0, 0.1) is 6.92 Å². The Bertz CT molecular complexity index is 208. The smallest absolute Gasteiger partial charge is 0.174 e. The van der Waals surface area contributed by atoms with Crippen LogP contribution in [0.4, 0.5) is 0 Å². The Morgan fingerprint density at radius 2 is 2.27 bits per heavy atom. The van der Waals surface area contributed by atoms with Crippen molar-refractivity contribution in [1.29, 1.82) is 0 Å². The van der Waals surface area contributed by atoms with Gasteiger partial charge in [-0.3, -0.25) is 0 Å². The lowest BCUT2D eigenvalue weighted by Crippen LogP contribution is -1.76. The fraction of sp³-hybridized carbons (Fsp3) is 0.556. The summed E-state index contributed by atoms with van der Waals surface area (Å²) in [4.78, 5) is 1.31. The fourth-order valence-electron chi connectivity index (χ4n) is 1.01. The predicted octanol–water partition coefficient (Wildman–Crippen LogP) is 3.10. The Kier molecular flexibility index (Phi) is 2.94. The molecule has 0 aromatic carbocycles. The second-order valence-corrected chi connectivity index (χ2v) is 3.92. The molecule has 0 amide bonds. The van der Waals surface area contributed by atoms with E-state index < -0.39 is 0 Å². The van der Waals surface area contributed by atoms with Crippen molar-refractivity contribution >= 4 is 11.3 Å². The van der Waals surface area contributed by atoms with Crippen molar-refractivity contribution in [3.05, 3.63) is 16.5 Å². The molecule has 1 N–H and O–H groups in total. The third-order valence-corrected chi connectivity index (χ3v) is 2.82. The van der Waals surface area contributed by atoms with Gasteiger partial charge in [0.1, 0.15) is 0 Å². The van der Waals surface area contributed by atoms with Crippen LogP contribution in [-0.2, 0) is 6.42 Å². The summed E-state index contributed by atoms with van der Waals surface area (Å²) < 4.78 is 0. The van der Waals surface area contributed by atoms with Crippen LogP contribution in [0.15, 0.2) is 6.07 Å². The van der Waals surface area contributed by atoms with Gasteiger partial charge in [0.15, 0.2) is 5.06 Å². The van der Waals surface area contributed by atoms with Crippen molar-refractivity contribution in [2.75, 3.05) is 0 Å². The van der Waals surface area contributed by atoms with Crippen molar-refractivity contribution in [2.24, 2.45) is 0 Å². The maximum Gasteiger partial charge on any atom is 0.174 e. The third kappa shape index (κ3) is 2.22. The first-order chi connectivity index (χ1) is 5.24. The van der Waals surface area contributed by atoms with Gasteiger partial charge in [-0.1, -0.05) is 13.3 Å². The van der Waals surface area contributed by atoms with Crippen molar-refractivity contribution in [3.8, 4) is 5.06 Å². The molecule has 0 aliphatic rings. The number of rotatable bonds is 3. The van der Waals surface area contributed by atoms with Crippen molar-refractivity contribution < 1.29 is 5.11 Å². The van der Waals surface area contributed by atoms with Crippen LogP contribution in [-0.4, -0.2) is 5.11 Å². The van der Waals surface area contributed by atoms with E-state index in [2.05, 4.69) is 13.0 Å². The Morgan fingerprint density at radius 3 is 2.73 bits per heavy atom. The third-order valence-electron chi connectivity index (χ3n) is 1.72. The zero-order valence-corrected chi connectivity index (χ0v) is 7.87. The summed E-state index contributed by atoms with van der Waals surface area (Å²) in [5.41, 5.74) is 1.01. The molecule has 0 unspecified atom stereocenters. The summed E-state index contributed by atoms with van der Waals surface area (Å²) in [5, 5.41) is 9.74. The van der Waals surface area contributed by atoms with Crippen molar-refractivity contribution in [3.63, 3.8) is 0 Å². The molecule has 0 fully saturated rings. The summed E-state index contributed by atoms with van der Waals surface area (Å²) >= 11 is 1.51. The molecule has 0 atom stereocenters. The summed E-state index contributed by atoms with van der Waals surface area (Å²) in [6.45, 7) is 4.13. The molecule has 0 spiro atoms. The van der Waals surface area contributed by atoms with E-state index in [0.717, 1.165) is 12.0 Å². The van der Waals surface area contributed by atoms with Crippen LogP contribution in [0.25, 0.3) is 0 Å². The van der Waals surface area contributed by atoms with Gasteiger partial charge in [-0.2, -0.15) is 0 Å². The lowest BCUT2D eigenvalue weighted by atomic mass is 10.2. The van der Waals surface area contributed by atoms with E-state index in [1.807, 2.05) is 6.92 Å². The van der Waals surface area contributed by atoms with E-state index in [1.165, 1.54) is 29.1 Å². The normalized spacial score (nSPS) is 10.4. The number of thiophene rings is 1. The highest BCUT2D eigenvalue weighted by atomic mass is 32.1. The van der Waals surface area contributed by atoms with Gasteiger partial charge in [-0.15, -0.1) is 11.3 Å². The average molecular weight is 170 g/mol. The zero-order chi connectivity index (χ0) is 8.27. The molecule has 0 aliphatic heterocycles. The van der Waals surface area contributed by atoms with Crippen molar-refractivity contribution in [2.45, 2.75) is 33.1 Å². The largest absolute Gasteiger partial charge is 0.499 e. The molecule has 0 saturated carbocycles. The summed E-state index contributed by atoms with van der Waals surface area (Å²) in [5.74, 6) is 0. The minimum absolute atomic E-state index is 0.483. The maximum atomic E-state index is 9.26. The SMILES string of the molecule is CCCCc1cc(C)c(O)s1. The van der Waals surface area contributed by atoms with Gasteiger partial charge >= 0.3 is 0 Å². The second kappa shape index (κ2) is 3.77. The molecular formula is C9H14OS. The first-order valence-electron chi connectivity index (χ1n) is 4.02. The van der Waals surface area contributed by atoms with Gasteiger partial charge in [0.2, 0.25) is 0 Å². The van der Waals surface area contributed by atoms with Crippen LogP contribution in [0.1, 0.15) is 30.2 Å². The van der Waals surface area contributed by atoms with Gasteiger partial charge in [0, 0.05) is 10.4 Å². The maximum absolute atomic E-state index is 9.26. The monoisotopic (exact) mass is 170 g/mol. The summed E-state index contributed by atoms with van der Waals surface area (Å²) in [6, 6.07) is 2.08. The number of aryl methyl sites for hydroxylation is 2. The Labute approximate surface area is 71.7 Å². The van der Waals surface area contributed by atoms with Gasteiger partial charge in [-0.25, -0.2) is 0 Å². The van der Waals surface area contributed by atoms with Crippen LogP contribution < -0.4 is 0 Å². The molecule has 62 valence electrons. The number of hydrogen-bond acceptors (Lipinski definition) is 2. The highest BCUT2D eigenvalue weighted by Crippen LogP contribution is 2.28. The molecule has 1 nitrogen and oxygen atoms in total. The van der Waals surface area contributed by atoms with Crippen molar-refractivity contribution in [1.82, 2.24) is 0 Å². The standard InChI is InChI=1S/C9H14OS/c1-3-4-5-8-6-7(2)9(10)11-8/h6,10H,3-5H2,1-2H3. The molecular weight excluding hydrogens is 156 g/mol. The van der Waals surface area contributed by atoms with E-state index in [-0.39, 0.29) is 0 Å². The van der Waals surface area contributed by atoms with E-state index >= 15 is 0 Å². The van der Waals surface area contributed by atoms with E-state index in [4.69, 9.17) is 0 Å².